The monoisotopic (exact) mass is 238 g/mol. The predicted molar refractivity (Wildman–Crippen MR) is 53.3 cm³/mol. The first-order valence-electron chi connectivity index (χ1n) is 4.71. The van der Waals surface area contributed by atoms with Gasteiger partial charge in [-0.3, -0.25) is 9.38 Å². The zero-order chi connectivity index (χ0) is 12.0. The summed E-state index contributed by atoms with van der Waals surface area (Å²) in [6.45, 7) is 0. The second-order valence-electron chi connectivity index (χ2n) is 3.52. The number of nitrogens with zero attached hydrogens (tertiary/aromatic N) is 4. The van der Waals surface area contributed by atoms with E-state index in [4.69, 9.17) is 0 Å². The summed E-state index contributed by atoms with van der Waals surface area (Å²) in [6.07, 6.45) is -1.55. The molecule has 3 aromatic rings. The summed E-state index contributed by atoms with van der Waals surface area (Å²) in [5.41, 5.74) is 0.498. The molecule has 86 valence electrons. The highest BCUT2D eigenvalue weighted by Crippen LogP contribution is 2.30. The van der Waals surface area contributed by atoms with Crippen LogP contribution in [0.3, 0.4) is 0 Å². The maximum Gasteiger partial charge on any atom is 0.416 e. The van der Waals surface area contributed by atoms with Crippen molar-refractivity contribution in [3.05, 3.63) is 36.3 Å². The summed E-state index contributed by atoms with van der Waals surface area (Å²) in [6, 6.07) is 3.38. The Hall–Kier alpha value is -2.18. The van der Waals surface area contributed by atoms with Crippen molar-refractivity contribution in [3.8, 4) is 0 Å². The minimum absolute atomic E-state index is 0.335. The summed E-state index contributed by atoms with van der Waals surface area (Å²) in [4.78, 5) is 4.01. The second-order valence-corrected chi connectivity index (χ2v) is 3.52. The van der Waals surface area contributed by atoms with E-state index in [1.165, 1.54) is 23.0 Å². The largest absolute Gasteiger partial charge is 0.416 e. The zero-order valence-corrected chi connectivity index (χ0v) is 8.31. The van der Waals surface area contributed by atoms with Gasteiger partial charge in [0.05, 0.1) is 22.8 Å². The summed E-state index contributed by atoms with van der Waals surface area (Å²) < 4.78 is 39.2. The van der Waals surface area contributed by atoms with Crippen molar-refractivity contribution in [2.24, 2.45) is 0 Å². The first kappa shape index (κ1) is 10.0. The molecule has 7 heteroatoms. The third kappa shape index (κ3) is 1.50. The Kier molecular flexibility index (Phi) is 1.86. The SMILES string of the molecule is FC(F)(F)c1ccc2ncc3nncn3c2c1. The molecule has 0 atom stereocenters. The average molecular weight is 238 g/mol. The molecule has 0 spiro atoms. The second kappa shape index (κ2) is 3.16. The maximum absolute atomic E-state index is 12.6. The number of fused-ring (bicyclic) bond motifs is 3. The van der Waals surface area contributed by atoms with Crippen LogP contribution in [0.1, 0.15) is 5.56 Å². The van der Waals surface area contributed by atoms with Crippen LogP contribution in [0.4, 0.5) is 13.2 Å². The summed E-state index contributed by atoms with van der Waals surface area (Å²) in [7, 11) is 0. The van der Waals surface area contributed by atoms with Crippen molar-refractivity contribution in [1.29, 1.82) is 0 Å². The molecule has 0 aliphatic carbocycles. The van der Waals surface area contributed by atoms with E-state index in [9.17, 15) is 13.2 Å². The number of hydrogen-bond donors (Lipinski definition) is 0. The van der Waals surface area contributed by atoms with Gasteiger partial charge >= 0.3 is 6.18 Å². The van der Waals surface area contributed by atoms with E-state index in [-0.39, 0.29) is 0 Å². The molecule has 0 aliphatic rings. The van der Waals surface area contributed by atoms with E-state index in [0.717, 1.165) is 12.1 Å². The molecule has 0 unspecified atom stereocenters. The molecule has 0 bridgehead atoms. The summed E-state index contributed by atoms with van der Waals surface area (Å²) in [5.74, 6) is 0. The van der Waals surface area contributed by atoms with Crippen LogP contribution < -0.4 is 0 Å². The smallest absolute Gasteiger partial charge is 0.279 e. The maximum atomic E-state index is 12.6. The van der Waals surface area contributed by atoms with Gasteiger partial charge in [0.2, 0.25) is 0 Å². The van der Waals surface area contributed by atoms with Gasteiger partial charge < -0.3 is 0 Å². The molecular weight excluding hydrogens is 233 g/mol. The van der Waals surface area contributed by atoms with Gasteiger partial charge in [-0.15, -0.1) is 10.2 Å². The van der Waals surface area contributed by atoms with Crippen LogP contribution in [0, 0.1) is 0 Å². The predicted octanol–water partition coefficient (Wildman–Crippen LogP) is 2.30. The number of benzene rings is 1. The van der Waals surface area contributed by atoms with Crippen LogP contribution in [0.2, 0.25) is 0 Å². The van der Waals surface area contributed by atoms with E-state index in [0.29, 0.717) is 16.7 Å². The Morgan fingerprint density at radius 3 is 2.76 bits per heavy atom. The standard InChI is InChI=1S/C10H5F3N4/c11-10(12,13)6-1-2-7-8(3-6)17-5-15-16-9(17)4-14-7/h1-5H. The van der Waals surface area contributed by atoms with Gasteiger partial charge in [-0.1, -0.05) is 0 Å². The van der Waals surface area contributed by atoms with E-state index < -0.39 is 11.7 Å². The van der Waals surface area contributed by atoms with Crippen LogP contribution in [-0.2, 0) is 6.18 Å². The number of halogens is 3. The van der Waals surface area contributed by atoms with Crippen LogP contribution in [-0.4, -0.2) is 19.6 Å². The molecule has 0 N–H and O–H groups in total. The molecule has 4 nitrogen and oxygen atoms in total. The minimum atomic E-state index is -4.37. The van der Waals surface area contributed by atoms with Crippen molar-refractivity contribution >= 4 is 16.7 Å². The zero-order valence-electron chi connectivity index (χ0n) is 8.31. The Bertz CT molecular complexity index is 701. The first-order valence-corrected chi connectivity index (χ1v) is 4.71. The fourth-order valence-electron chi connectivity index (χ4n) is 1.65. The lowest BCUT2D eigenvalue weighted by Crippen LogP contribution is -2.05. The average Bonchev–Trinajstić information content (AvgIpc) is 2.75. The highest BCUT2D eigenvalue weighted by molar-refractivity contribution is 5.78. The molecule has 0 aliphatic heterocycles. The fourth-order valence-corrected chi connectivity index (χ4v) is 1.65. The van der Waals surface area contributed by atoms with Gasteiger partial charge in [0.15, 0.2) is 5.65 Å². The van der Waals surface area contributed by atoms with Crippen LogP contribution in [0.5, 0.6) is 0 Å². The molecule has 0 saturated carbocycles. The summed E-state index contributed by atoms with van der Waals surface area (Å²) >= 11 is 0. The lowest BCUT2D eigenvalue weighted by Gasteiger charge is -2.07. The lowest BCUT2D eigenvalue weighted by atomic mass is 10.2. The molecule has 0 radical (unpaired) electrons. The molecule has 0 amide bonds. The van der Waals surface area contributed by atoms with E-state index >= 15 is 0 Å². The van der Waals surface area contributed by atoms with Crippen molar-refractivity contribution in [2.45, 2.75) is 6.18 Å². The van der Waals surface area contributed by atoms with Crippen molar-refractivity contribution in [2.75, 3.05) is 0 Å². The van der Waals surface area contributed by atoms with Gasteiger partial charge in [-0.2, -0.15) is 13.2 Å². The third-order valence-electron chi connectivity index (χ3n) is 2.46. The van der Waals surface area contributed by atoms with E-state index in [1.54, 1.807) is 0 Å². The van der Waals surface area contributed by atoms with Gasteiger partial charge in [0.25, 0.3) is 0 Å². The Morgan fingerprint density at radius 1 is 1.18 bits per heavy atom. The Balaban J connectivity index is 2.40. The highest BCUT2D eigenvalue weighted by atomic mass is 19.4. The molecule has 2 heterocycles. The minimum Gasteiger partial charge on any atom is -0.279 e. The van der Waals surface area contributed by atoms with E-state index in [1.807, 2.05) is 0 Å². The van der Waals surface area contributed by atoms with Crippen molar-refractivity contribution in [1.82, 2.24) is 19.6 Å². The molecule has 17 heavy (non-hydrogen) atoms. The first-order chi connectivity index (χ1) is 8.05. The third-order valence-corrected chi connectivity index (χ3v) is 2.46. The normalized spacial score (nSPS) is 12.4. The quantitative estimate of drug-likeness (QED) is 0.603. The molecule has 2 aromatic heterocycles. The highest BCUT2D eigenvalue weighted by Gasteiger charge is 2.30. The lowest BCUT2D eigenvalue weighted by molar-refractivity contribution is -0.137. The summed E-state index contributed by atoms with van der Waals surface area (Å²) in [5, 5.41) is 7.36. The van der Waals surface area contributed by atoms with Crippen LogP contribution in [0.25, 0.3) is 16.7 Å². The molecule has 0 fully saturated rings. The molecule has 1 aromatic carbocycles. The number of alkyl halides is 3. The van der Waals surface area contributed by atoms with Gasteiger partial charge in [0, 0.05) is 0 Å². The number of rotatable bonds is 0. The van der Waals surface area contributed by atoms with Crippen molar-refractivity contribution < 1.29 is 13.2 Å². The molecule has 3 rings (SSSR count). The van der Waals surface area contributed by atoms with Crippen molar-refractivity contribution in [3.63, 3.8) is 0 Å². The number of aromatic nitrogens is 4. The van der Waals surface area contributed by atoms with Crippen LogP contribution >= 0.6 is 0 Å². The van der Waals surface area contributed by atoms with Gasteiger partial charge in [-0.05, 0) is 18.2 Å². The van der Waals surface area contributed by atoms with Crippen LogP contribution in [0.15, 0.2) is 30.7 Å². The van der Waals surface area contributed by atoms with Gasteiger partial charge in [-0.25, -0.2) is 0 Å². The fraction of sp³-hybridized carbons (Fsp3) is 0.100. The molecular formula is C10H5F3N4. The van der Waals surface area contributed by atoms with E-state index in [2.05, 4.69) is 15.2 Å². The molecule has 0 saturated heterocycles. The Morgan fingerprint density at radius 2 is 2.00 bits per heavy atom. The van der Waals surface area contributed by atoms with Gasteiger partial charge in [0.1, 0.15) is 6.33 Å². The number of hydrogen-bond acceptors (Lipinski definition) is 3. The topological polar surface area (TPSA) is 43.1 Å². The Labute approximate surface area is 92.7 Å².